The number of aliphatic carboxylic acids is 1. The number of aromatic nitrogens is 2. The minimum Gasteiger partial charge on any atom is -0.478 e. The van der Waals surface area contributed by atoms with Crippen LogP contribution in [0.25, 0.3) is 17.0 Å². The van der Waals surface area contributed by atoms with Crippen LogP contribution in [0.15, 0.2) is 30.5 Å². The van der Waals surface area contributed by atoms with Crippen LogP contribution in [-0.4, -0.2) is 20.9 Å². The van der Waals surface area contributed by atoms with Crippen molar-refractivity contribution >= 4 is 22.9 Å². The number of hydrogen-bond donors (Lipinski definition) is 1. The van der Waals surface area contributed by atoms with E-state index in [0.717, 1.165) is 22.5 Å². The number of carboxylic acids is 1. The van der Waals surface area contributed by atoms with Crippen molar-refractivity contribution in [1.82, 2.24) is 9.78 Å². The van der Waals surface area contributed by atoms with Gasteiger partial charge in [-0.25, -0.2) is 4.79 Å². The summed E-state index contributed by atoms with van der Waals surface area (Å²) < 4.78 is 1.76. The average molecular weight is 202 g/mol. The van der Waals surface area contributed by atoms with E-state index in [0.29, 0.717) is 0 Å². The lowest BCUT2D eigenvalue weighted by molar-refractivity contribution is -0.131. The molecule has 1 N–H and O–H groups in total. The van der Waals surface area contributed by atoms with Gasteiger partial charge in [0.1, 0.15) is 0 Å². The Labute approximate surface area is 86.4 Å². The molecular formula is C11H10N2O2. The van der Waals surface area contributed by atoms with Crippen LogP contribution in [0.3, 0.4) is 0 Å². The first-order valence-electron chi connectivity index (χ1n) is 4.50. The minimum atomic E-state index is -0.948. The summed E-state index contributed by atoms with van der Waals surface area (Å²) in [5.74, 6) is -0.948. The van der Waals surface area contributed by atoms with Crippen LogP contribution in [0.5, 0.6) is 0 Å². The molecule has 15 heavy (non-hydrogen) atoms. The fourth-order valence-corrected chi connectivity index (χ4v) is 1.51. The molecule has 4 heteroatoms. The van der Waals surface area contributed by atoms with E-state index in [-0.39, 0.29) is 0 Å². The molecule has 0 aliphatic rings. The zero-order valence-corrected chi connectivity index (χ0v) is 8.21. The van der Waals surface area contributed by atoms with Gasteiger partial charge in [0.25, 0.3) is 0 Å². The van der Waals surface area contributed by atoms with Gasteiger partial charge in [0, 0.05) is 18.5 Å². The van der Waals surface area contributed by atoms with E-state index in [1.807, 2.05) is 25.2 Å². The third-order valence-corrected chi connectivity index (χ3v) is 2.23. The summed E-state index contributed by atoms with van der Waals surface area (Å²) in [6, 6.07) is 5.69. The van der Waals surface area contributed by atoms with Crippen LogP contribution in [-0.2, 0) is 11.8 Å². The highest BCUT2D eigenvalue weighted by Crippen LogP contribution is 2.18. The van der Waals surface area contributed by atoms with Gasteiger partial charge in [-0.05, 0) is 17.7 Å². The molecule has 0 amide bonds. The number of fused-ring (bicyclic) bond motifs is 1. The van der Waals surface area contributed by atoms with E-state index in [4.69, 9.17) is 5.11 Å². The summed E-state index contributed by atoms with van der Waals surface area (Å²) in [6.45, 7) is 0. The van der Waals surface area contributed by atoms with Crippen LogP contribution >= 0.6 is 0 Å². The molecule has 0 fully saturated rings. The van der Waals surface area contributed by atoms with Crippen molar-refractivity contribution in [3.63, 3.8) is 0 Å². The van der Waals surface area contributed by atoms with E-state index in [1.54, 1.807) is 17.0 Å². The smallest absolute Gasteiger partial charge is 0.328 e. The van der Waals surface area contributed by atoms with Crippen molar-refractivity contribution in [2.45, 2.75) is 0 Å². The normalized spacial score (nSPS) is 11.3. The van der Waals surface area contributed by atoms with Crippen molar-refractivity contribution in [1.29, 1.82) is 0 Å². The van der Waals surface area contributed by atoms with Gasteiger partial charge in [0.2, 0.25) is 0 Å². The predicted molar refractivity (Wildman–Crippen MR) is 57.4 cm³/mol. The second-order valence-corrected chi connectivity index (χ2v) is 3.22. The maximum Gasteiger partial charge on any atom is 0.328 e. The molecule has 76 valence electrons. The fraction of sp³-hybridized carbons (Fsp3) is 0.0909. The Balaban J connectivity index is 2.56. The van der Waals surface area contributed by atoms with E-state index >= 15 is 0 Å². The lowest BCUT2D eigenvalue weighted by Crippen LogP contribution is -1.88. The molecule has 0 saturated carbocycles. The summed E-state index contributed by atoms with van der Waals surface area (Å²) in [5.41, 5.74) is 1.85. The van der Waals surface area contributed by atoms with Gasteiger partial charge in [-0.3, -0.25) is 4.68 Å². The number of hydrogen-bond acceptors (Lipinski definition) is 2. The molecule has 1 aromatic heterocycles. The van der Waals surface area contributed by atoms with Gasteiger partial charge >= 0.3 is 5.97 Å². The summed E-state index contributed by atoms with van der Waals surface area (Å²) in [4.78, 5) is 10.4. The van der Waals surface area contributed by atoms with Gasteiger partial charge in [0.05, 0.1) is 11.7 Å². The molecule has 0 radical (unpaired) electrons. The topological polar surface area (TPSA) is 55.1 Å². The molecular weight excluding hydrogens is 192 g/mol. The number of carbonyl (C=O) groups is 1. The molecule has 0 bridgehead atoms. The Hall–Kier alpha value is -2.10. The monoisotopic (exact) mass is 202 g/mol. The van der Waals surface area contributed by atoms with Crippen LogP contribution in [0.4, 0.5) is 0 Å². The second-order valence-electron chi connectivity index (χ2n) is 3.22. The van der Waals surface area contributed by atoms with Gasteiger partial charge in [-0.1, -0.05) is 12.1 Å². The zero-order chi connectivity index (χ0) is 10.8. The molecule has 0 unspecified atom stereocenters. The quantitative estimate of drug-likeness (QED) is 0.753. The standard InChI is InChI=1S/C11H10N2O2/c1-13-10-4-2-3-8(5-6-11(14)15)9(10)7-12-13/h2-7H,1H3,(H,14,15)/b6-5+. The number of carboxylic acid groups (broad SMARTS) is 1. The fourth-order valence-electron chi connectivity index (χ4n) is 1.51. The summed E-state index contributed by atoms with van der Waals surface area (Å²) in [6.07, 6.45) is 4.44. The predicted octanol–water partition coefficient (Wildman–Crippen LogP) is 1.67. The first kappa shape index (κ1) is 9.45. The minimum absolute atomic E-state index is 0.864. The number of rotatable bonds is 2. The largest absolute Gasteiger partial charge is 0.478 e. The van der Waals surface area contributed by atoms with Crippen LogP contribution < -0.4 is 0 Å². The Kier molecular flexibility index (Phi) is 2.25. The van der Waals surface area contributed by atoms with Gasteiger partial charge in [-0.2, -0.15) is 5.10 Å². The highest BCUT2D eigenvalue weighted by Gasteiger charge is 2.02. The second kappa shape index (κ2) is 3.57. The third-order valence-electron chi connectivity index (χ3n) is 2.23. The van der Waals surface area contributed by atoms with Crippen LogP contribution in [0.2, 0.25) is 0 Å². The van der Waals surface area contributed by atoms with Crippen molar-refractivity contribution in [3.8, 4) is 0 Å². The van der Waals surface area contributed by atoms with Crippen molar-refractivity contribution in [2.24, 2.45) is 7.05 Å². The molecule has 4 nitrogen and oxygen atoms in total. The van der Waals surface area contributed by atoms with Gasteiger partial charge in [0.15, 0.2) is 0 Å². The van der Waals surface area contributed by atoms with Gasteiger partial charge < -0.3 is 5.11 Å². The first-order valence-corrected chi connectivity index (χ1v) is 4.50. The molecule has 1 heterocycles. The Morgan fingerprint density at radius 3 is 3.07 bits per heavy atom. The Morgan fingerprint density at radius 2 is 2.33 bits per heavy atom. The molecule has 2 rings (SSSR count). The maximum atomic E-state index is 10.4. The van der Waals surface area contributed by atoms with Crippen molar-refractivity contribution in [2.75, 3.05) is 0 Å². The number of aryl methyl sites for hydroxylation is 1. The zero-order valence-electron chi connectivity index (χ0n) is 8.21. The van der Waals surface area contributed by atoms with Crippen molar-refractivity contribution < 1.29 is 9.90 Å². The average Bonchev–Trinajstić information content (AvgIpc) is 2.58. The third kappa shape index (κ3) is 1.74. The van der Waals surface area contributed by atoms with E-state index in [9.17, 15) is 4.79 Å². The lowest BCUT2D eigenvalue weighted by Gasteiger charge is -1.96. The summed E-state index contributed by atoms with van der Waals surface area (Å²) in [7, 11) is 1.85. The Bertz CT molecular complexity index is 541. The van der Waals surface area contributed by atoms with E-state index < -0.39 is 5.97 Å². The Morgan fingerprint density at radius 1 is 1.53 bits per heavy atom. The molecule has 0 atom stereocenters. The highest BCUT2D eigenvalue weighted by molar-refractivity contribution is 5.92. The van der Waals surface area contributed by atoms with Crippen LogP contribution in [0, 0.1) is 0 Å². The number of benzene rings is 1. The van der Waals surface area contributed by atoms with Crippen molar-refractivity contribution in [3.05, 3.63) is 36.0 Å². The first-order chi connectivity index (χ1) is 7.18. The van der Waals surface area contributed by atoms with Crippen LogP contribution in [0.1, 0.15) is 5.56 Å². The molecule has 0 spiro atoms. The highest BCUT2D eigenvalue weighted by atomic mass is 16.4. The van der Waals surface area contributed by atoms with E-state index in [1.165, 1.54) is 0 Å². The molecule has 1 aromatic carbocycles. The summed E-state index contributed by atoms with van der Waals surface area (Å²) >= 11 is 0. The number of nitrogens with zero attached hydrogens (tertiary/aromatic N) is 2. The lowest BCUT2D eigenvalue weighted by atomic mass is 10.1. The van der Waals surface area contributed by atoms with E-state index in [2.05, 4.69) is 5.10 Å². The summed E-state index contributed by atoms with van der Waals surface area (Å²) in [5, 5.41) is 13.6. The maximum absolute atomic E-state index is 10.4. The molecule has 0 aliphatic heterocycles. The van der Waals surface area contributed by atoms with Gasteiger partial charge in [-0.15, -0.1) is 0 Å². The SMILES string of the molecule is Cn1ncc2c(/C=C/C(=O)O)cccc21. The molecule has 2 aromatic rings. The molecule has 0 aliphatic carbocycles. The molecule has 0 saturated heterocycles.